The minimum absolute atomic E-state index is 0.240. The second kappa shape index (κ2) is 9.83. The van der Waals surface area contributed by atoms with Gasteiger partial charge in [0.1, 0.15) is 11.5 Å². The highest BCUT2D eigenvalue weighted by molar-refractivity contribution is 6.28. The van der Waals surface area contributed by atoms with Crippen LogP contribution in [0.25, 0.3) is 6.08 Å². The third-order valence-corrected chi connectivity index (χ3v) is 3.64. The molecular weight excluding hydrogens is 326 g/mol. The van der Waals surface area contributed by atoms with E-state index in [-0.39, 0.29) is 12.3 Å². The molecule has 0 aliphatic heterocycles. The number of hydrogen-bond donors (Lipinski definition) is 1. The summed E-state index contributed by atoms with van der Waals surface area (Å²) in [7, 11) is 0. The van der Waals surface area contributed by atoms with Crippen molar-refractivity contribution in [1.82, 2.24) is 0 Å². The zero-order chi connectivity index (χ0) is 17.2. The first-order valence-electron chi connectivity index (χ1n) is 8.05. The summed E-state index contributed by atoms with van der Waals surface area (Å²) in [5, 5.41) is 0.409. The molecule has 1 aromatic heterocycles. The predicted molar refractivity (Wildman–Crippen MR) is 96.1 cm³/mol. The van der Waals surface area contributed by atoms with E-state index in [1.54, 1.807) is 6.07 Å². The largest absolute Gasteiger partial charge is 0.494 e. The Labute approximate surface area is 147 Å². The van der Waals surface area contributed by atoms with Crippen molar-refractivity contribution < 1.29 is 13.9 Å². The van der Waals surface area contributed by atoms with Crippen LogP contribution in [0.3, 0.4) is 0 Å². The number of amides is 1. The fraction of sp³-hybridized carbons (Fsp3) is 0.316. The molecule has 0 saturated heterocycles. The lowest BCUT2D eigenvalue weighted by atomic mass is 10.1. The summed E-state index contributed by atoms with van der Waals surface area (Å²) in [5.74, 6) is 1.22. The number of allylic oxidation sites excluding steroid dienone is 1. The lowest BCUT2D eigenvalue weighted by molar-refractivity contribution is -0.117. The number of unbranched alkanes of at least 4 members (excludes halogenated alkanes) is 3. The molecule has 24 heavy (non-hydrogen) atoms. The monoisotopic (exact) mass is 347 g/mol. The van der Waals surface area contributed by atoms with Crippen LogP contribution >= 0.6 is 11.6 Å². The Morgan fingerprint density at radius 3 is 2.83 bits per heavy atom. The molecule has 0 aliphatic carbocycles. The fourth-order valence-electron chi connectivity index (χ4n) is 2.29. The Morgan fingerprint density at radius 2 is 2.08 bits per heavy atom. The number of primary amides is 1. The average Bonchev–Trinajstić information content (AvgIpc) is 2.95. The van der Waals surface area contributed by atoms with Crippen LogP contribution in [0.15, 0.2) is 46.9 Å². The van der Waals surface area contributed by atoms with Crippen LogP contribution < -0.4 is 10.5 Å². The summed E-state index contributed by atoms with van der Waals surface area (Å²) >= 11 is 5.71. The van der Waals surface area contributed by atoms with Gasteiger partial charge in [0.2, 0.25) is 5.91 Å². The van der Waals surface area contributed by atoms with Crippen LogP contribution in [0.2, 0.25) is 5.22 Å². The molecule has 1 aromatic carbocycles. The summed E-state index contributed by atoms with van der Waals surface area (Å²) in [6.07, 6.45) is 8.42. The molecular formula is C19H22ClNO3. The molecule has 0 bridgehead atoms. The minimum atomic E-state index is -0.336. The molecule has 1 amide bonds. The van der Waals surface area contributed by atoms with Crippen molar-refractivity contribution >= 4 is 23.6 Å². The van der Waals surface area contributed by atoms with Gasteiger partial charge in [0.05, 0.1) is 13.0 Å². The molecule has 0 atom stereocenters. The zero-order valence-electron chi connectivity index (χ0n) is 13.5. The molecule has 0 saturated carbocycles. The van der Waals surface area contributed by atoms with Gasteiger partial charge < -0.3 is 14.9 Å². The van der Waals surface area contributed by atoms with E-state index in [0.29, 0.717) is 11.8 Å². The zero-order valence-corrected chi connectivity index (χ0v) is 14.3. The van der Waals surface area contributed by atoms with Gasteiger partial charge in [-0.05, 0) is 73.2 Å². The van der Waals surface area contributed by atoms with Crippen LogP contribution in [-0.2, 0) is 11.2 Å². The number of nitrogens with two attached hydrogens (primary N) is 1. The van der Waals surface area contributed by atoms with Gasteiger partial charge in [0, 0.05) is 0 Å². The number of rotatable bonds is 10. The Morgan fingerprint density at radius 1 is 1.21 bits per heavy atom. The van der Waals surface area contributed by atoms with E-state index in [9.17, 15) is 4.79 Å². The van der Waals surface area contributed by atoms with E-state index >= 15 is 0 Å². The lowest BCUT2D eigenvalue weighted by Gasteiger charge is -2.07. The molecule has 0 fully saturated rings. The Hall–Kier alpha value is -2.20. The van der Waals surface area contributed by atoms with Crippen molar-refractivity contribution in [2.24, 2.45) is 5.73 Å². The van der Waals surface area contributed by atoms with Gasteiger partial charge >= 0.3 is 0 Å². The van der Waals surface area contributed by atoms with Gasteiger partial charge in [-0.15, -0.1) is 0 Å². The fourth-order valence-corrected chi connectivity index (χ4v) is 2.45. The van der Waals surface area contributed by atoms with Gasteiger partial charge in [-0.1, -0.05) is 18.2 Å². The highest BCUT2D eigenvalue weighted by atomic mass is 35.5. The summed E-state index contributed by atoms with van der Waals surface area (Å²) in [6, 6.07) is 11.1. The Balaban J connectivity index is 1.58. The number of furan rings is 1. The second-order valence-electron chi connectivity index (χ2n) is 5.53. The molecule has 5 heteroatoms. The molecule has 0 spiro atoms. The maximum absolute atomic E-state index is 10.9. The first-order chi connectivity index (χ1) is 11.6. The average molecular weight is 348 g/mol. The summed E-state index contributed by atoms with van der Waals surface area (Å²) < 4.78 is 10.9. The number of ether oxygens (including phenoxy) is 1. The van der Waals surface area contributed by atoms with E-state index in [1.807, 2.05) is 36.4 Å². The normalized spacial score (nSPS) is 11.0. The van der Waals surface area contributed by atoms with Gasteiger partial charge in [-0.3, -0.25) is 4.79 Å². The van der Waals surface area contributed by atoms with Crippen LogP contribution in [0.1, 0.15) is 37.0 Å². The van der Waals surface area contributed by atoms with Crippen molar-refractivity contribution in [3.63, 3.8) is 0 Å². The first-order valence-corrected chi connectivity index (χ1v) is 8.43. The van der Waals surface area contributed by atoms with E-state index in [4.69, 9.17) is 26.5 Å². The number of carbonyl (C=O) groups excluding carboxylic acids is 1. The number of hydrogen-bond acceptors (Lipinski definition) is 3. The number of halogens is 1. The number of carbonyl (C=O) groups is 1. The van der Waals surface area contributed by atoms with Crippen molar-refractivity contribution in [2.75, 3.05) is 6.61 Å². The summed E-state index contributed by atoms with van der Waals surface area (Å²) in [5.41, 5.74) is 6.07. The Bertz CT molecular complexity index is 679. The van der Waals surface area contributed by atoms with Crippen molar-refractivity contribution in [3.8, 4) is 5.75 Å². The third-order valence-electron chi connectivity index (χ3n) is 3.44. The highest BCUT2D eigenvalue weighted by Crippen LogP contribution is 2.16. The van der Waals surface area contributed by atoms with Gasteiger partial charge in [0.25, 0.3) is 0 Å². The van der Waals surface area contributed by atoms with E-state index < -0.39 is 0 Å². The molecule has 2 aromatic rings. The number of benzene rings is 1. The van der Waals surface area contributed by atoms with Crippen LogP contribution in [0.5, 0.6) is 5.75 Å². The molecule has 128 valence electrons. The quantitative estimate of drug-likeness (QED) is 0.638. The van der Waals surface area contributed by atoms with Crippen molar-refractivity contribution in [3.05, 3.63) is 59.0 Å². The highest BCUT2D eigenvalue weighted by Gasteiger charge is 2.00. The third kappa shape index (κ3) is 6.92. The standard InChI is InChI=1S/C19H22ClNO3/c20-18-11-10-16(24-18)8-4-2-1-3-5-12-23-17-9-6-7-15(13-17)14-19(21)22/h4,6-11,13H,1-3,5,12,14H2,(H2,21,22)/b8-4-. The van der Waals surface area contributed by atoms with Gasteiger partial charge in [-0.2, -0.15) is 0 Å². The van der Waals surface area contributed by atoms with Gasteiger partial charge in [-0.25, -0.2) is 0 Å². The second-order valence-corrected chi connectivity index (χ2v) is 5.91. The van der Waals surface area contributed by atoms with Crippen molar-refractivity contribution in [1.29, 1.82) is 0 Å². The van der Waals surface area contributed by atoms with Gasteiger partial charge in [0.15, 0.2) is 5.22 Å². The SMILES string of the molecule is NC(=O)Cc1cccc(OCCCCC/C=C\c2ccc(Cl)o2)c1. The molecule has 2 N–H and O–H groups in total. The summed E-state index contributed by atoms with van der Waals surface area (Å²) in [4.78, 5) is 10.9. The van der Waals surface area contributed by atoms with E-state index in [2.05, 4.69) is 6.08 Å². The molecule has 0 aliphatic rings. The molecule has 1 heterocycles. The topological polar surface area (TPSA) is 65.5 Å². The van der Waals surface area contributed by atoms with Crippen LogP contribution in [0, 0.1) is 0 Å². The molecule has 0 radical (unpaired) electrons. The molecule has 0 unspecified atom stereocenters. The Kier molecular flexibility index (Phi) is 7.43. The van der Waals surface area contributed by atoms with E-state index in [1.165, 1.54) is 0 Å². The maximum Gasteiger partial charge on any atom is 0.221 e. The maximum atomic E-state index is 10.9. The van der Waals surface area contributed by atoms with Crippen LogP contribution in [0.4, 0.5) is 0 Å². The van der Waals surface area contributed by atoms with Crippen LogP contribution in [-0.4, -0.2) is 12.5 Å². The molecule has 2 rings (SSSR count). The smallest absolute Gasteiger partial charge is 0.221 e. The first kappa shape index (κ1) is 18.1. The summed E-state index contributed by atoms with van der Waals surface area (Å²) in [6.45, 7) is 0.664. The lowest BCUT2D eigenvalue weighted by Crippen LogP contribution is -2.13. The minimum Gasteiger partial charge on any atom is -0.494 e. The van der Waals surface area contributed by atoms with Crippen molar-refractivity contribution in [2.45, 2.75) is 32.1 Å². The molecule has 4 nitrogen and oxygen atoms in total. The predicted octanol–water partition coefficient (Wildman–Crippen LogP) is 4.61. The van der Waals surface area contributed by atoms with E-state index in [0.717, 1.165) is 42.8 Å².